The van der Waals surface area contributed by atoms with Gasteiger partial charge in [0.05, 0.1) is 0 Å². The fraction of sp³-hybridized carbons (Fsp3) is 1.00. The summed E-state index contributed by atoms with van der Waals surface area (Å²) < 4.78 is 0. The maximum atomic E-state index is 3.63. The van der Waals surface area contributed by atoms with Crippen molar-refractivity contribution in [2.75, 3.05) is 91.6 Å². The highest BCUT2D eigenvalue weighted by Crippen LogP contribution is 2.42. The van der Waals surface area contributed by atoms with Crippen LogP contribution in [0.15, 0.2) is 0 Å². The molecule has 2 unspecified atom stereocenters. The zero-order valence-electron chi connectivity index (χ0n) is 25.0. The van der Waals surface area contributed by atoms with E-state index in [1.807, 2.05) is 0 Å². The smallest absolute Gasteiger partial charge is 0.0330 e. The molecule has 232 valence electrons. The van der Waals surface area contributed by atoms with E-state index in [9.17, 15) is 0 Å². The number of hydrogen-bond acceptors (Lipinski definition) is 7. The molecular weight excluding hydrogens is 494 g/mol. The summed E-state index contributed by atoms with van der Waals surface area (Å²) in [5.41, 5.74) is 0.434. The standard InChI is InChI=1S/C9H15N.C8H17N3.C8H15N.C7H14N2.CH4/c1-7-2-9-3-8(1)5-10(4-7)6-9;1-3-9-4-2-8(1)7-10-5-6-11-8;1-2-7-4-8(3-1)6-9-5-7;1-6-2-8-4-7(1)5-9-3-6;/h7-9H,1-6H2;9-11H,1-7H2;7-9H,1-6H2;6-9H,1-5H2;1H4. The van der Waals surface area contributed by atoms with Gasteiger partial charge in [-0.2, -0.15) is 0 Å². The van der Waals surface area contributed by atoms with E-state index in [2.05, 4.69) is 36.8 Å². The van der Waals surface area contributed by atoms with Gasteiger partial charge in [-0.15, -0.1) is 0 Å². The zero-order valence-corrected chi connectivity index (χ0v) is 25.0. The van der Waals surface area contributed by atoms with Crippen LogP contribution in [0.5, 0.6) is 0 Å². The molecule has 10 fully saturated rings. The van der Waals surface area contributed by atoms with Crippen LogP contribution in [0, 0.1) is 41.4 Å². The molecular formula is C33H65N7. The topological polar surface area (TPSA) is 75.4 Å². The van der Waals surface area contributed by atoms with E-state index in [0.717, 1.165) is 61.1 Å². The van der Waals surface area contributed by atoms with Gasteiger partial charge >= 0.3 is 0 Å². The Morgan fingerprint density at radius 3 is 1.38 bits per heavy atom. The van der Waals surface area contributed by atoms with Gasteiger partial charge in [0, 0.05) is 44.8 Å². The summed E-state index contributed by atoms with van der Waals surface area (Å²) in [6, 6.07) is 0. The van der Waals surface area contributed by atoms with E-state index in [1.165, 1.54) is 117 Å². The van der Waals surface area contributed by atoms with Gasteiger partial charge in [0.2, 0.25) is 0 Å². The van der Waals surface area contributed by atoms with Crippen molar-refractivity contribution in [3.63, 3.8) is 0 Å². The molecule has 40 heavy (non-hydrogen) atoms. The Morgan fingerprint density at radius 2 is 0.950 bits per heavy atom. The molecule has 0 aromatic carbocycles. The molecule has 2 saturated carbocycles. The third-order valence-corrected chi connectivity index (χ3v) is 11.5. The minimum Gasteiger partial charge on any atom is -0.317 e. The van der Waals surface area contributed by atoms with Gasteiger partial charge in [-0.05, 0) is 152 Å². The van der Waals surface area contributed by atoms with Crippen LogP contribution < -0.4 is 31.9 Å². The van der Waals surface area contributed by atoms with E-state index in [4.69, 9.17) is 0 Å². The van der Waals surface area contributed by atoms with Crippen molar-refractivity contribution in [2.45, 2.75) is 77.2 Å². The van der Waals surface area contributed by atoms with Crippen LogP contribution in [-0.4, -0.2) is 102 Å². The maximum Gasteiger partial charge on any atom is 0.0330 e. The highest BCUT2D eigenvalue weighted by molar-refractivity contribution is 4.96. The lowest BCUT2D eigenvalue weighted by Gasteiger charge is -2.51. The first-order chi connectivity index (χ1) is 19.2. The second-order valence-corrected chi connectivity index (χ2v) is 15.0. The molecule has 6 N–H and O–H groups in total. The molecule has 0 aromatic heterocycles. The predicted octanol–water partition coefficient (Wildman–Crippen LogP) is 2.50. The third kappa shape index (κ3) is 8.87. The Labute approximate surface area is 246 Å². The van der Waals surface area contributed by atoms with Crippen molar-refractivity contribution in [2.24, 2.45) is 41.4 Å². The van der Waals surface area contributed by atoms with Crippen LogP contribution >= 0.6 is 0 Å². The van der Waals surface area contributed by atoms with Crippen LogP contribution in [-0.2, 0) is 0 Å². The molecule has 1 spiro atoms. The Balaban J connectivity index is 0.000000107. The lowest BCUT2D eigenvalue weighted by atomic mass is 9.68. The Morgan fingerprint density at radius 1 is 0.475 bits per heavy atom. The monoisotopic (exact) mass is 560 g/mol. The van der Waals surface area contributed by atoms with E-state index < -0.39 is 0 Å². The second-order valence-electron chi connectivity index (χ2n) is 15.0. The summed E-state index contributed by atoms with van der Waals surface area (Å²) in [5, 5.41) is 20.9. The molecule has 2 aliphatic carbocycles. The predicted molar refractivity (Wildman–Crippen MR) is 169 cm³/mol. The SMILES string of the molecule is C.C1C2CC3CC1CN(C2)C3.C1CC2(CCN1)CNCCN2.C1CC2CNCC(C1)C2.C1NCC2CNCC1C2. The molecule has 8 bridgehead atoms. The minimum absolute atomic E-state index is 0. The van der Waals surface area contributed by atoms with Crippen molar-refractivity contribution in [3.05, 3.63) is 0 Å². The van der Waals surface area contributed by atoms with Crippen LogP contribution in [0.25, 0.3) is 0 Å². The number of piperazine rings is 1. The average Bonchev–Trinajstić information content (AvgIpc) is 2.95. The van der Waals surface area contributed by atoms with Gasteiger partial charge in [0.25, 0.3) is 0 Å². The fourth-order valence-corrected chi connectivity index (χ4v) is 9.73. The first-order valence-corrected chi connectivity index (χ1v) is 17.2. The molecule has 10 aliphatic rings. The molecule has 8 saturated heterocycles. The van der Waals surface area contributed by atoms with E-state index >= 15 is 0 Å². The average molecular weight is 560 g/mol. The van der Waals surface area contributed by atoms with Crippen LogP contribution in [0.4, 0.5) is 0 Å². The molecule has 7 heteroatoms. The first-order valence-electron chi connectivity index (χ1n) is 17.2. The molecule has 0 amide bonds. The Kier molecular flexibility index (Phi) is 12.0. The summed E-state index contributed by atoms with van der Waals surface area (Å²) in [7, 11) is 0. The number of hydrogen-bond donors (Lipinski definition) is 6. The maximum absolute atomic E-state index is 3.63. The highest BCUT2D eigenvalue weighted by atomic mass is 15.2. The van der Waals surface area contributed by atoms with E-state index in [-0.39, 0.29) is 7.43 Å². The molecule has 8 heterocycles. The first kappa shape index (κ1) is 31.2. The summed E-state index contributed by atoms with van der Waals surface area (Å²) in [6.07, 6.45) is 14.7. The molecule has 0 aromatic rings. The molecule has 2 atom stereocenters. The number of nitrogens with one attached hydrogen (secondary N) is 6. The van der Waals surface area contributed by atoms with Gasteiger partial charge in [-0.3, -0.25) is 0 Å². The lowest BCUT2D eigenvalue weighted by Crippen LogP contribution is -2.62. The molecule has 8 aliphatic heterocycles. The summed E-state index contributed by atoms with van der Waals surface area (Å²) in [4.78, 5) is 2.69. The minimum atomic E-state index is 0. The van der Waals surface area contributed by atoms with E-state index in [0.29, 0.717) is 5.54 Å². The van der Waals surface area contributed by atoms with Gasteiger partial charge in [0.1, 0.15) is 0 Å². The van der Waals surface area contributed by atoms with Crippen LogP contribution in [0.3, 0.4) is 0 Å². The number of rotatable bonds is 0. The Hall–Kier alpha value is -0.280. The number of piperidine rings is 7. The van der Waals surface area contributed by atoms with Crippen molar-refractivity contribution < 1.29 is 0 Å². The van der Waals surface area contributed by atoms with E-state index in [1.54, 1.807) is 19.3 Å². The summed E-state index contributed by atoms with van der Waals surface area (Å²) in [6.45, 7) is 17.7. The number of fused-ring (bicyclic) bond motifs is 4. The molecule has 10 rings (SSSR count). The van der Waals surface area contributed by atoms with Crippen molar-refractivity contribution in [3.8, 4) is 0 Å². The highest BCUT2D eigenvalue weighted by Gasteiger charge is 2.40. The number of nitrogens with zero attached hydrogens (tertiary/aromatic N) is 1. The Bertz CT molecular complexity index is 578. The molecule has 0 radical (unpaired) electrons. The van der Waals surface area contributed by atoms with Gasteiger partial charge < -0.3 is 36.8 Å². The van der Waals surface area contributed by atoms with Crippen LogP contribution in [0.2, 0.25) is 0 Å². The second kappa shape index (κ2) is 15.4. The van der Waals surface area contributed by atoms with Crippen molar-refractivity contribution in [1.82, 2.24) is 36.8 Å². The van der Waals surface area contributed by atoms with Gasteiger partial charge in [0.15, 0.2) is 0 Å². The molecule has 7 nitrogen and oxygen atoms in total. The lowest BCUT2D eigenvalue weighted by molar-refractivity contribution is -0.0169. The largest absolute Gasteiger partial charge is 0.317 e. The van der Waals surface area contributed by atoms with Gasteiger partial charge in [-0.25, -0.2) is 0 Å². The van der Waals surface area contributed by atoms with Crippen molar-refractivity contribution in [1.29, 1.82) is 0 Å². The summed E-state index contributed by atoms with van der Waals surface area (Å²) >= 11 is 0. The normalized spacial score (nSPS) is 42.0. The quantitative estimate of drug-likeness (QED) is 0.272. The zero-order chi connectivity index (χ0) is 26.3. The summed E-state index contributed by atoms with van der Waals surface area (Å²) in [5.74, 6) is 7.24. The van der Waals surface area contributed by atoms with Crippen LogP contribution in [0.1, 0.15) is 71.6 Å². The van der Waals surface area contributed by atoms with Crippen molar-refractivity contribution >= 4 is 0 Å². The fourth-order valence-electron chi connectivity index (χ4n) is 9.73. The van der Waals surface area contributed by atoms with Gasteiger partial charge in [-0.1, -0.05) is 13.8 Å². The third-order valence-electron chi connectivity index (χ3n) is 11.5.